The van der Waals surface area contributed by atoms with Gasteiger partial charge in [-0.2, -0.15) is 0 Å². The van der Waals surface area contributed by atoms with Crippen molar-refractivity contribution >= 4 is 23.4 Å². The molecular formula is C21H19NO5. The van der Waals surface area contributed by atoms with Crippen LogP contribution >= 0.6 is 0 Å². The number of benzene rings is 2. The Morgan fingerprint density at radius 1 is 0.926 bits per heavy atom. The van der Waals surface area contributed by atoms with Gasteiger partial charge < -0.3 is 15.1 Å². The zero-order chi connectivity index (χ0) is 19.4. The SMILES string of the molecule is O=C(O)CCCN1C(=O)C(=O)/C(=C(/O)c2ccccc2)[C@@H]1c1ccccc1. The molecule has 2 aromatic carbocycles. The lowest BCUT2D eigenvalue weighted by atomic mass is 9.95. The highest BCUT2D eigenvalue weighted by Crippen LogP contribution is 2.39. The second kappa shape index (κ2) is 7.86. The molecule has 0 spiro atoms. The van der Waals surface area contributed by atoms with Crippen molar-refractivity contribution in [3.63, 3.8) is 0 Å². The number of nitrogens with zero attached hydrogens (tertiary/aromatic N) is 1. The second-order valence-corrected chi connectivity index (χ2v) is 6.27. The number of amides is 1. The number of hydrogen-bond donors (Lipinski definition) is 2. The van der Waals surface area contributed by atoms with Crippen LogP contribution in [0.15, 0.2) is 66.2 Å². The molecule has 0 aromatic heterocycles. The number of carbonyl (C=O) groups excluding carboxylic acids is 2. The molecule has 27 heavy (non-hydrogen) atoms. The fourth-order valence-corrected chi connectivity index (χ4v) is 3.24. The van der Waals surface area contributed by atoms with E-state index >= 15 is 0 Å². The minimum Gasteiger partial charge on any atom is -0.507 e. The van der Waals surface area contributed by atoms with Gasteiger partial charge in [0.05, 0.1) is 11.6 Å². The fraction of sp³-hybridized carbons (Fsp3) is 0.190. The third-order valence-electron chi connectivity index (χ3n) is 4.49. The second-order valence-electron chi connectivity index (χ2n) is 6.27. The van der Waals surface area contributed by atoms with Crippen molar-refractivity contribution < 1.29 is 24.6 Å². The molecule has 0 saturated carbocycles. The average Bonchev–Trinajstić information content (AvgIpc) is 2.93. The number of aliphatic hydroxyl groups excluding tert-OH is 1. The van der Waals surface area contributed by atoms with Crippen LogP contribution in [0, 0.1) is 0 Å². The van der Waals surface area contributed by atoms with E-state index in [1.165, 1.54) is 4.90 Å². The number of carboxylic acids is 1. The molecule has 0 radical (unpaired) electrons. The summed E-state index contributed by atoms with van der Waals surface area (Å²) in [6, 6.07) is 16.8. The van der Waals surface area contributed by atoms with E-state index in [1.807, 2.05) is 6.07 Å². The Bertz CT molecular complexity index is 889. The van der Waals surface area contributed by atoms with Crippen molar-refractivity contribution in [2.75, 3.05) is 6.54 Å². The molecule has 0 unspecified atom stereocenters. The number of ketones is 1. The van der Waals surface area contributed by atoms with E-state index in [2.05, 4.69) is 0 Å². The number of carboxylic acid groups (broad SMARTS) is 1. The first kappa shape index (κ1) is 18.4. The lowest BCUT2D eigenvalue weighted by Gasteiger charge is -2.25. The Kier molecular flexibility index (Phi) is 5.35. The van der Waals surface area contributed by atoms with Gasteiger partial charge in [-0.05, 0) is 12.0 Å². The zero-order valence-corrected chi connectivity index (χ0v) is 14.5. The van der Waals surface area contributed by atoms with Crippen LogP contribution in [-0.2, 0) is 14.4 Å². The minimum atomic E-state index is -0.966. The van der Waals surface area contributed by atoms with Crippen molar-refractivity contribution in [3.05, 3.63) is 77.4 Å². The van der Waals surface area contributed by atoms with Gasteiger partial charge in [0.2, 0.25) is 0 Å². The van der Waals surface area contributed by atoms with Crippen molar-refractivity contribution in [2.24, 2.45) is 0 Å². The van der Waals surface area contributed by atoms with Gasteiger partial charge in [-0.1, -0.05) is 60.7 Å². The fourth-order valence-electron chi connectivity index (χ4n) is 3.24. The molecule has 1 saturated heterocycles. The van der Waals surface area contributed by atoms with Gasteiger partial charge in [0, 0.05) is 18.5 Å². The maximum atomic E-state index is 12.7. The summed E-state index contributed by atoms with van der Waals surface area (Å²) in [4.78, 5) is 37.4. The molecule has 138 valence electrons. The number of aliphatic carboxylic acids is 1. The van der Waals surface area contributed by atoms with E-state index in [4.69, 9.17) is 5.11 Å². The first-order chi connectivity index (χ1) is 13.0. The predicted molar refractivity (Wildman–Crippen MR) is 98.8 cm³/mol. The Morgan fingerprint density at radius 3 is 2.11 bits per heavy atom. The van der Waals surface area contributed by atoms with Crippen LogP contribution in [0.5, 0.6) is 0 Å². The van der Waals surface area contributed by atoms with Crippen molar-refractivity contribution in [1.82, 2.24) is 4.90 Å². The van der Waals surface area contributed by atoms with E-state index in [1.54, 1.807) is 54.6 Å². The van der Waals surface area contributed by atoms with Crippen LogP contribution in [0.2, 0.25) is 0 Å². The number of hydrogen-bond acceptors (Lipinski definition) is 4. The minimum absolute atomic E-state index is 0.0210. The maximum Gasteiger partial charge on any atom is 0.303 e. The molecule has 2 aromatic rings. The molecule has 1 aliphatic heterocycles. The summed E-state index contributed by atoms with van der Waals surface area (Å²) in [5.74, 6) is -2.69. The number of rotatable bonds is 6. The van der Waals surface area contributed by atoms with Gasteiger partial charge in [0.1, 0.15) is 5.76 Å². The maximum absolute atomic E-state index is 12.7. The van der Waals surface area contributed by atoms with Gasteiger partial charge in [0.15, 0.2) is 0 Å². The Morgan fingerprint density at radius 2 is 1.52 bits per heavy atom. The molecule has 1 aliphatic rings. The van der Waals surface area contributed by atoms with E-state index < -0.39 is 23.7 Å². The highest BCUT2D eigenvalue weighted by molar-refractivity contribution is 6.46. The van der Waals surface area contributed by atoms with Gasteiger partial charge in [-0.25, -0.2) is 0 Å². The Hall–Kier alpha value is -3.41. The lowest BCUT2D eigenvalue weighted by molar-refractivity contribution is -0.140. The molecule has 6 heteroatoms. The number of likely N-dealkylation sites (tertiary alicyclic amines) is 1. The van der Waals surface area contributed by atoms with Crippen LogP contribution in [0.1, 0.15) is 30.0 Å². The lowest BCUT2D eigenvalue weighted by Crippen LogP contribution is -2.31. The third kappa shape index (κ3) is 3.74. The normalized spacial score (nSPS) is 18.7. The van der Waals surface area contributed by atoms with E-state index in [0.717, 1.165) is 0 Å². The molecule has 1 atom stereocenters. The monoisotopic (exact) mass is 365 g/mol. The van der Waals surface area contributed by atoms with E-state index in [9.17, 15) is 19.5 Å². The summed E-state index contributed by atoms with van der Waals surface area (Å²) in [6.45, 7) is 0.113. The molecule has 1 fully saturated rings. The number of Topliss-reactive ketones (excluding diaryl/α,β-unsaturated/α-hetero) is 1. The highest BCUT2D eigenvalue weighted by Gasteiger charge is 2.45. The Balaban J connectivity index is 2.07. The molecule has 1 heterocycles. The first-order valence-corrected chi connectivity index (χ1v) is 8.61. The van der Waals surface area contributed by atoms with E-state index in [-0.39, 0.29) is 30.7 Å². The van der Waals surface area contributed by atoms with Gasteiger partial charge in [0.25, 0.3) is 11.7 Å². The van der Waals surface area contributed by atoms with Crippen molar-refractivity contribution in [3.8, 4) is 0 Å². The molecule has 3 rings (SSSR count). The van der Waals surface area contributed by atoms with Crippen molar-refractivity contribution in [1.29, 1.82) is 0 Å². The Labute approximate surface area is 156 Å². The van der Waals surface area contributed by atoms with Crippen LogP contribution in [0.4, 0.5) is 0 Å². The summed E-state index contributed by atoms with van der Waals surface area (Å²) in [5, 5.41) is 19.6. The first-order valence-electron chi connectivity index (χ1n) is 8.61. The smallest absolute Gasteiger partial charge is 0.303 e. The molecule has 6 nitrogen and oxygen atoms in total. The quantitative estimate of drug-likeness (QED) is 0.466. The van der Waals surface area contributed by atoms with Crippen LogP contribution in [0.25, 0.3) is 5.76 Å². The summed E-state index contributed by atoms with van der Waals surface area (Å²) < 4.78 is 0. The van der Waals surface area contributed by atoms with Crippen LogP contribution in [0.3, 0.4) is 0 Å². The average molecular weight is 365 g/mol. The zero-order valence-electron chi connectivity index (χ0n) is 14.5. The summed E-state index contributed by atoms with van der Waals surface area (Å²) in [5.41, 5.74) is 1.15. The molecule has 1 amide bonds. The number of aliphatic hydroxyl groups is 1. The van der Waals surface area contributed by atoms with Gasteiger partial charge >= 0.3 is 5.97 Å². The predicted octanol–water partition coefficient (Wildman–Crippen LogP) is 2.97. The van der Waals surface area contributed by atoms with Crippen molar-refractivity contribution in [2.45, 2.75) is 18.9 Å². The molecule has 0 aliphatic carbocycles. The molecular weight excluding hydrogens is 346 g/mol. The summed E-state index contributed by atoms with van der Waals surface area (Å²) in [7, 11) is 0. The third-order valence-corrected chi connectivity index (χ3v) is 4.49. The van der Waals surface area contributed by atoms with E-state index in [0.29, 0.717) is 11.1 Å². The van der Waals surface area contributed by atoms with Gasteiger partial charge in [-0.3, -0.25) is 14.4 Å². The highest BCUT2D eigenvalue weighted by atomic mass is 16.4. The standard InChI is InChI=1S/C21H19NO5/c23-16(24)12-7-13-22-18(14-8-3-1-4-9-14)17(20(26)21(22)27)19(25)15-10-5-2-6-11-15/h1-6,8-11,18,25H,7,12-13H2,(H,23,24)/b19-17+/t18-/m0/s1. The molecule has 0 bridgehead atoms. The topological polar surface area (TPSA) is 94.9 Å². The van der Waals surface area contributed by atoms with Crippen LogP contribution in [-0.4, -0.2) is 39.3 Å². The summed E-state index contributed by atoms with van der Waals surface area (Å²) in [6.07, 6.45) is 0.111. The van der Waals surface area contributed by atoms with Gasteiger partial charge in [-0.15, -0.1) is 0 Å². The number of carbonyl (C=O) groups is 3. The largest absolute Gasteiger partial charge is 0.507 e. The summed E-state index contributed by atoms with van der Waals surface area (Å²) >= 11 is 0. The van der Waals surface area contributed by atoms with Crippen LogP contribution < -0.4 is 0 Å². The molecule has 2 N–H and O–H groups in total.